The summed E-state index contributed by atoms with van der Waals surface area (Å²) in [5.41, 5.74) is 1.80. The van der Waals surface area contributed by atoms with Crippen LogP contribution in [0, 0.1) is 25.2 Å². The zero-order valence-corrected chi connectivity index (χ0v) is 7.51. The molecule has 5 heteroatoms. The minimum Gasteiger partial charge on any atom is -0.308 e. The molecule has 0 saturated heterocycles. The second-order valence-electron chi connectivity index (χ2n) is 2.71. The lowest BCUT2D eigenvalue weighted by molar-refractivity contribution is -0.115. The number of aromatic nitrogens is 2. The number of H-pyrrole nitrogens is 1. The van der Waals surface area contributed by atoms with E-state index in [0.717, 1.165) is 11.3 Å². The Balaban J connectivity index is 2.70. The van der Waals surface area contributed by atoms with Crippen molar-refractivity contribution in [1.82, 2.24) is 10.2 Å². The number of nitrogens with zero attached hydrogens (tertiary/aromatic N) is 2. The van der Waals surface area contributed by atoms with E-state index in [9.17, 15) is 4.79 Å². The largest absolute Gasteiger partial charge is 0.308 e. The van der Waals surface area contributed by atoms with E-state index in [1.54, 1.807) is 6.07 Å². The lowest BCUT2D eigenvalue weighted by atomic mass is 10.3. The molecule has 0 aromatic carbocycles. The van der Waals surface area contributed by atoms with Crippen molar-refractivity contribution in [3.8, 4) is 6.07 Å². The number of aromatic amines is 1. The summed E-state index contributed by atoms with van der Waals surface area (Å²) < 4.78 is 0. The summed E-state index contributed by atoms with van der Waals surface area (Å²) in [7, 11) is 0. The average Bonchev–Trinajstić information content (AvgIpc) is 2.37. The predicted molar refractivity (Wildman–Crippen MR) is 46.9 cm³/mol. The number of nitriles is 1. The Morgan fingerprint density at radius 2 is 2.38 bits per heavy atom. The molecule has 0 fully saturated rings. The minimum absolute atomic E-state index is 0.147. The quantitative estimate of drug-likeness (QED) is 0.705. The number of rotatable bonds is 2. The molecule has 0 atom stereocenters. The molecule has 0 unspecified atom stereocenters. The minimum atomic E-state index is -0.336. The van der Waals surface area contributed by atoms with Gasteiger partial charge in [-0.2, -0.15) is 10.4 Å². The number of nitrogens with one attached hydrogen (secondary N) is 2. The van der Waals surface area contributed by atoms with Crippen molar-refractivity contribution in [2.75, 3.05) is 5.32 Å². The zero-order valence-electron chi connectivity index (χ0n) is 7.51. The van der Waals surface area contributed by atoms with E-state index in [1.807, 2.05) is 13.8 Å². The van der Waals surface area contributed by atoms with E-state index < -0.39 is 0 Å². The molecule has 0 aliphatic rings. The van der Waals surface area contributed by atoms with Crippen molar-refractivity contribution in [3.63, 3.8) is 0 Å². The van der Waals surface area contributed by atoms with Gasteiger partial charge in [0.1, 0.15) is 6.42 Å². The van der Waals surface area contributed by atoms with Crippen molar-refractivity contribution in [1.29, 1.82) is 5.26 Å². The Morgan fingerprint density at radius 3 is 2.85 bits per heavy atom. The summed E-state index contributed by atoms with van der Waals surface area (Å²) in [6.07, 6.45) is -0.147. The molecular formula is C8H10N4O. The SMILES string of the molecule is Cc1[nH]nc(NC(=O)CC#N)c1C. The number of anilines is 1. The van der Waals surface area contributed by atoms with Gasteiger partial charge in [0, 0.05) is 11.3 Å². The monoisotopic (exact) mass is 178 g/mol. The fourth-order valence-corrected chi connectivity index (χ4v) is 0.855. The summed E-state index contributed by atoms with van der Waals surface area (Å²) in [6.45, 7) is 3.71. The van der Waals surface area contributed by atoms with Crippen LogP contribution in [-0.2, 0) is 4.79 Å². The molecule has 0 aliphatic carbocycles. The molecule has 1 aromatic rings. The number of hydrogen-bond acceptors (Lipinski definition) is 3. The van der Waals surface area contributed by atoms with Gasteiger partial charge in [0.25, 0.3) is 0 Å². The highest BCUT2D eigenvalue weighted by molar-refractivity contribution is 5.91. The first-order chi connectivity index (χ1) is 6.15. The summed E-state index contributed by atoms with van der Waals surface area (Å²) >= 11 is 0. The van der Waals surface area contributed by atoms with Crippen LogP contribution in [0.4, 0.5) is 5.82 Å². The topological polar surface area (TPSA) is 81.6 Å². The first-order valence-electron chi connectivity index (χ1n) is 3.83. The smallest absolute Gasteiger partial charge is 0.239 e. The summed E-state index contributed by atoms with van der Waals surface area (Å²) in [6, 6.07) is 1.76. The van der Waals surface area contributed by atoms with Crippen LogP contribution >= 0.6 is 0 Å². The Kier molecular flexibility index (Phi) is 2.65. The highest BCUT2D eigenvalue weighted by Crippen LogP contribution is 2.13. The van der Waals surface area contributed by atoms with Crippen LogP contribution in [-0.4, -0.2) is 16.1 Å². The van der Waals surface area contributed by atoms with Crippen molar-refractivity contribution < 1.29 is 4.79 Å². The van der Waals surface area contributed by atoms with E-state index in [-0.39, 0.29) is 12.3 Å². The van der Waals surface area contributed by atoms with Crippen molar-refractivity contribution in [2.45, 2.75) is 20.3 Å². The van der Waals surface area contributed by atoms with Crippen LogP contribution in [0.25, 0.3) is 0 Å². The van der Waals surface area contributed by atoms with Crippen LogP contribution < -0.4 is 5.32 Å². The third-order valence-electron chi connectivity index (χ3n) is 1.75. The van der Waals surface area contributed by atoms with E-state index in [1.165, 1.54) is 0 Å². The number of aryl methyl sites for hydroxylation is 1. The average molecular weight is 178 g/mol. The number of carbonyl (C=O) groups is 1. The van der Waals surface area contributed by atoms with Crippen molar-refractivity contribution >= 4 is 11.7 Å². The van der Waals surface area contributed by atoms with Gasteiger partial charge < -0.3 is 5.32 Å². The van der Waals surface area contributed by atoms with E-state index in [4.69, 9.17) is 5.26 Å². The van der Waals surface area contributed by atoms with Gasteiger partial charge in [0.2, 0.25) is 5.91 Å². The molecule has 68 valence electrons. The van der Waals surface area contributed by atoms with Crippen LogP contribution in [0.5, 0.6) is 0 Å². The van der Waals surface area contributed by atoms with Gasteiger partial charge in [-0.15, -0.1) is 0 Å². The fourth-order valence-electron chi connectivity index (χ4n) is 0.855. The Bertz CT molecular complexity index is 361. The van der Waals surface area contributed by atoms with Gasteiger partial charge in [-0.3, -0.25) is 9.89 Å². The lowest BCUT2D eigenvalue weighted by Crippen LogP contribution is -2.11. The predicted octanol–water partition coefficient (Wildman–Crippen LogP) is 0.879. The maximum absolute atomic E-state index is 11.0. The third-order valence-corrected chi connectivity index (χ3v) is 1.75. The molecule has 5 nitrogen and oxygen atoms in total. The maximum Gasteiger partial charge on any atom is 0.239 e. The summed E-state index contributed by atoms with van der Waals surface area (Å²) in [5, 5.41) is 17.4. The van der Waals surface area contributed by atoms with Gasteiger partial charge in [0.05, 0.1) is 6.07 Å². The van der Waals surface area contributed by atoms with Crippen LogP contribution in [0.2, 0.25) is 0 Å². The lowest BCUT2D eigenvalue weighted by Gasteiger charge is -1.98. The van der Waals surface area contributed by atoms with Gasteiger partial charge >= 0.3 is 0 Å². The molecule has 0 spiro atoms. The normalized spacial score (nSPS) is 9.31. The molecule has 1 heterocycles. The summed E-state index contributed by atoms with van der Waals surface area (Å²) in [5.74, 6) is 0.162. The van der Waals surface area contributed by atoms with E-state index in [2.05, 4.69) is 15.5 Å². The zero-order chi connectivity index (χ0) is 9.84. The molecule has 1 amide bonds. The molecule has 0 saturated carbocycles. The van der Waals surface area contributed by atoms with Crippen molar-refractivity contribution in [3.05, 3.63) is 11.3 Å². The number of hydrogen-bond donors (Lipinski definition) is 2. The first kappa shape index (κ1) is 9.26. The molecule has 13 heavy (non-hydrogen) atoms. The van der Waals surface area contributed by atoms with Crippen LogP contribution in [0.1, 0.15) is 17.7 Å². The maximum atomic E-state index is 11.0. The van der Waals surface area contributed by atoms with E-state index in [0.29, 0.717) is 5.82 Å². The van der Waals surface area contributed by atoms with Crippen molar-refractivity contribution in [2.24, 2.45) is 0 Å². The Hall–Kier alpha value is -1.83. The van der Waals surface area contributed by atoms with Gasteiger partial charge in [-0.1, -0.05) is 0 Å². The molecular weight excluding hydrogens is 168 g/mol. The van der Waals surface area contributed by atoms with E-state index >= 15 is 0 Å². The Morgan fingerprint density at radius 1 is 1.69 bits per heavy atom. The highest BCUT2D eigenvalue weighted by atomic mass is 16.1. The third kappa shape index (κ3) is 2.06. The first-order valence-corrected chi connectivity index (χ1v) is 3.83. The van der Waals surface area contributed by atoms with Gasteiger partial charge in [0.15, 0.2) is 5.82 Å². The molecule has 2 N–H and O–H groups in total. The molecule has 0 bridgehead atoms. The van der Waals surface area contributed by atoms with Crippen LogP contribution in [0.15, 0.2) is 0 Å². The van der Waals surface area contributed by atoms with Gasteiger partial charge in [-0.05, 0) is 13.8 Å². The second-order valence-corrected chi connectivity index (χ2v) is 2.71. The molecule has 0 radical (unpaired) electrons. The van der Waals surface area contributed by atoms with Gasteiger partial charge in [-0.25, -0.2) is 0 Å². The second kappa shape index (κ2) is 3.72. The molecule has 0 aliphatic heterocycles. The summed E-state index contributed by atoms with van der Waals surface area (Å²) in [4.78, 5) is 11.0. The van der Waals surface area contributed by atoms with Crippen LogP contribution in [0.3, 0.4) is 0 Å². The fraction of sp³-hybridized carbons (Fsp3) is 0.375. The standard InChI is InChI=1S/C8H10N4O/c1-5-6(2)11-12-8(5)10-7(13)3-4-9/h3H2,1-2H3,(H2,10,11,12,13). The molecule has 1 aromatic heterocycles. The highest BCUT2D eigenvalue weighted by Gasteiger charge is 2.08. The number of amides is 1. The Labute approximate surface area is 75.8 Å². The molecule has 1 rings (SSSR count). The number of carbonyl (C=O) groups excluding carboxylic acids is 1.